The van der Waals surface area contributed by atoms with E-state index in [-0.39, 0.29) is 11.3 Å². The normalized spacial score (nSPS) is 10.2. The largest absolute Gasteiger partial charge is 0.478 e. The van der Waals surface area contributed by atoms with Crippen LogP contribution in [0.25, 0.3) is 11.1 Å². The van der Waals surface area contributed by atoms with Crippen LogP contribution in [0, 0.1) is 17.0 Å². The Labute approximate surface area is 109 Å². The smallest absolute Gasteiger partial charge is 0.335 e. The molecule has 2 aromatic carbocycles. The van der Waals surface area contributed by atoms with Gasteiger partial charge in [-0.25, -0.2) is 4.79 Å². The van der Waals surface area contributed by atoms with Crippen molar-refractivity contribution in [3.63, 3.8) is 0 Å². The summed E-state index contributed by atoms with van der Waals surface area (Å²) in [7, 11) is 0. The fourth-order valence-electron chi connectivity index (χ4n) is 1.83. The quantitative estimate of drug-likeness (QED) is 0.675. The van der Waals surface area contributed by atoms with E-state index in [1.54, 1.807) is 31.2 Å². The number of aryl methyl sites for hydroxylation is 1. The highest BCUT2D eigenvalue weighted by atomic mass is 16.6. The molecule has 0 aliphatic carbocycles. The van der Waals surface area contributed by atoms with E-state index in [0.717, 1.165) is 0 Å². The van der Waals surface area contributed by atoms with Gasteiger partial charge in [-0.1, -0.05) is 24.3 Å². The standard InChI is InChI=1S/C14H11NO4/c1-9-5-6-11(8-13(9)14(16)17)10-3-2-4-12(7-10)15(18)19/h2-8H,1H3,(H,16,17). The molecule has 0 aliphatic rings. The van der Waals surface area contributed by atoms with Crippen LogP contribution in [0.1, 0.15) is 15.9 Å². The van der Waals surface area contributed by atoms with Crippen molar-refractivity contribution >= 4 is 11.7 Å². The molecular weight excluding hydrogens is 246 g/mol. The Morgan fingerprint density at radius 2 is 1.84 bits per heavy atom. The fourth-order valence-corrected chi connectivity index (χ4v) is 1.83. The number of nitro benzene ring substituents is 1. The Balaban J connectivity index is 2.53. The number of non-ortho nitro benzene ring substituents is 1. The van der Waals surface area contributed by atoms with Gasteiger partial charge in [0.1, 0.15) is 0 Å². The Morgan fingerprint density at radius 1 is 1.16 bits per heavy atom. The maximum atomic E-state index is 11.1. The van der Waals surface area contributed by atoms with Gasteiger partial charge in [-0.2, -0.15) is 0 Å². The number of aromatic carboxylic acids is 1. The summed E-state index contributed by atoms with van der Waals surface area (Å²) in [5.74, 6) is -1.01. The van der Waals surface area contributed by atoms with Gasteiger partial charge in [-0.15, -0.1) is 0 Å². The highest BCUT2D eigenvalue weighted by Gasteiger charge is 2.11. The zero-order valence-corrected chi connectivity index (χ0v) is 10.2. The lowest BCUT2D eigenvalue weighted by Crippen LogP contribution is -1.99. The van der Waals surface area contributed by atoms with E-state index in [4.69, 9.17) is 5.11 Å². The van der Waals surface area contributed by atoms with Gasteiger partial charge in [0.2, 0.25) is 0 Å². The second-order valence-electron chi connectivity index (χ2n) is 4.14. The molecule has 0 spiro atoms. The Hall–Kier alpha value is -2.69. The summed E-state index contributed by atoms with van der Waals surface area (Å²) >= 11 is 0. The van der Waals surface area contributed by atoms with Gasteiger partial charge in [-0.05, 0) is 29.7 Å². The van der Waals surface area contributed by atoms with E-state index in [0.29, 0.717) is 16.7 Å². The van der Waals surface area contributed by atoms with E-state index in [2.05, 4.69) is 0 Å². The molecule has 0 aliphatic heterocycles. The van der Waals surface area contributed by atoms with Crippen molar-refractivity contribution in [2.24, 2.45) is 0 Å². The number of nitrogens with zero attached hydrogens (tertiary/aromatic N) is 1. The zero-order valence-electron chi connectivity index (χ0n) is 10.2. The number of nitro groups is 1. The molecule has 5 nitrogen and oxygen atoms in total. The van der Waals surface area contributed by atoms with Crippen molar-refractivity contribution in [1.82, 2.24) is 0 Å². The van der Waals surface area contributed by atoms with Crippen molar-refractivity contribution in [2.75, 3.05) is 0 Å². The highest BCUT2D eigenvalue weighted by molar-refractivity contribution is 5.91. The second kappa shape index (κ2) is 4.89. The van der Waals surface area contributed by atoms with Crippen molar-refractivity contribution in [2.45, 2.75) is 6.92 Å². The molecule has 2 rings (SSSR count). The minimum Gasteiger partial charge on any atom is -0.478 e. The average molecular weight is 257 g/mol. The molecule has 2 aromatic rings. The fraction of sp³-hybridized carbons (Fsp3) is 0.0714. The van der Waals surface area contributed by atoms with Crippen molar-refractivity contribution in [3.05, 3.63) is 63.7 Å². The maximum absolute atomic E-state index is 11.1. The molecule has 0 unspecified atom stereocenters. The molecule has 0 amide bonds. The van der Waals surface area contributed by atoms with Crippen LogP contribution in [-0.2, 0) is 0 Å². The summed E-state index contributed by atoms with van der Waals surface area (Å²) < 4.78 is 0. The van der Waals surface area contributed by atoms with Gasteiger partial charge in [0.15, 0.2) is 0 Å². The van der Waals surface area contributed by atoms with Crippen molar-refractivity contribution in [3.8, 4) is 11.1 Å². The summed E-state index contributed by atoms with van der Waals surface area (Å²) in [6.07, 6.45) is 0. The lowest BCUT2D eigenvalue weighted by Gasteiger charge is -2.05. The van der Waals surface area contributed by atoms with E-state index in [1.165, 1.54) is 18.2 Å². The van der Waals surface area contributed by atoms with Crippen LogP contribution in [0.15, 0.2) is 42.5 Å². The molecule has 0 heterocycles. The molecule has 0 radical (unpaired) electrons. The number of hydrogen-bond donors (Lipinski definition) is 1. The van der Waals surface area contributed by atoms with E-state index in [1.807, 2.05) is 0 Å². The number of carboxylic acid groups (broad SMARTS) is 1. The topological polar surface area (TPSA) is 80.4 Å². The van der Waals surface area contributed by atoms with Gasteiger partial charge in [0.05, 0.1) is 10.5 Å². The van der Waals surface area contributed by atoms with Gasteiger partial charge < -0.3 is 5.11 Å². The number of carboxylic acids is 1. The molecule has 0 fully saturated rings. The van der Waals surface area contributed by atoms with Crippen LogP contribution in [0.4, 0.5) is 5.69 Å². The highest BCUT2D eigenvalue weighted by Crippen LogP contribution is 2.25. The first-order valence-electron chi connectivity index (χ1n) is 5.58. The summed E-state index contributed by atoms with van der Waals surface area (Å²) in [6, 6.07) is 11.1. The third kappa shape index (κ3) is 2.60. The Kier molecular flexibility index (Phi) is 3.29. The number of rotatable bonds is 3. The predicted molar refractivity (Wildman–Crippen MR) is 70.2 cm³/mol. The third-order valence-corrected chi connectivity index (χ3v) is 2.86. The van der Waals surface area contributed by atoms with E-state index < -0.39 is 10.9 Å². The molecule has 1 N–H and O–H groups in total. The van der Waals surface area contributed by atoms with Crippen molar-refractivity contribution in [1.29, 1.82) is 0 Å². The first-order valence-corrected chi connectivity index (χ1v) is 5.58. The predicted octanol–water partition coefficient (Wildman–Crippen LogP) is 3.27. The van der Waals surface area contributed by atoms with Gasteiger partial charge >= 0.3 is 5.97 Å². The van der Waals surface area contributed by atoms with Gasteiger partial charge in [0, 0.05) is 12.1 Å². The molecule has 19 heavy (non-hydrogen) atoms. The van der Waals surface area contributed by atoms with Crippen LogP contribution in [-0.4, -0.2) is 16.0 Å². The molecule has 0 aromatic heterocycles. The first-order chi connectivity index (χ1) is 8.99. The van der Waals surface area contributed by atoms with Crippen LogP contribution in [0.2, 0.25) is 0 Å². The lowest BCUT2D eigenvalue weighted by atomic mass is 9.99. The Bertz CT molecular complexity index is 664. The molecule has 0 saturated carbocycles. The summed E-state index contributed by atoms with van der Waals surface area (Å²) in [4.78, 5) is 21.3. The molecule has 5 heteroatoms. The van der Waals surface area contributed by atoms with E-state index in [9.17, 15) is 14.9 Å². The zero-order chi connectivity index (χ0) is 14.0. The lowest BCUT2D eigenvalue weighted by molar-refractivity contribution is -0.384. The molecule has 0 saturated heterocycles. The van der Waals surface area contributed by atoms with E-state index >= 15 is 0 Å². The monoisotopic (exact) mass is 257 g/mol. The minimum atomic E-state index is -1.01. The maximum Gasteiger partial charge on any atom is 0.335 e. The summed E-state index contributed by atoms with van der Waals surface area (Å²) in [6.45, 7) is 1.71. The average Bonchev–Trinajstić information content (AvgIpc) is 2.39. The second-order valence-corrected chi connectivity index (χ2v) is 4.14. The summed E-state index contributed by atoms with van der Waals surface area (Å²) in [5, 5.41) is 19.8. The van der Waals surface area contributed by atoms with Crippen LogP contribution in [0.5, 0.6) is 0 Å². The number of carbonyl (C=O) groups is 1. The number of hydrogen-bond acceptors (Lipinski definition) is 3. The molecule has 0 atom stereocenters. The first kappa shape index (κ1) is 12.8. The van der Waals surface area contributed by atoms with Crippen molar-refractivity contribution < 1.29 is 14.8 Å². The number of benzene rings is 2. The third-order valence-electron chi connectivity index (χ3n) is 2.86. The SMILES string of the molecule is Cc1ccc(-c2cccc([N+](=O)[O-])c2)cc1C(=O)O. The van der Waals surface area contributed by atoms with Crippen LogP contribution < -0.4 is 0 Å². The van der Waals surface area contributed by atoms with Crippen LogP contribution in [0.3, 0.4) is 0 Å². The van der Waals surface area contributed by atoms with Gasteiger partial charge in [-0.3, -0.25) is 10.1 Å². The van der Waals surface area contributed by atoms with Crippen LogP contribution >= 0.6 is 0 Å². The minimum absolute atomic E-state index is 0.0186. The van der Waals surface area contributed by atoms with Gasteiger partial charge in [0.25, 0.3) is 5.69 Å². The molecule has 96 valence electrons. The Morgan fingerprint density at radius 3 is 2.47 bits per heavy atom. The summed E-state index contributed by atoms with van der Waals surface area (Å²) in [5.41, 5.74) is 2.10. The molecule has 0 bridgehead atoms. The molecular formula is C14H11NO4.